The number of halogens is 1. The maximum Gasteiger partial charge on any atom is 0.264 e. The van der Waals surface area contributed by atoms with E-state index in [2.05, 4.69) is 5.32 Å². The van der Waals surface area contributed by atoms with Crippen molar-refractivity contribution in [3.8, 4) is 5.75 Å². The molecule has 3 aromatic carbocycles. The van der Waals surface area contributed by atoms with Crippen molar-refractivity contribution in [2.75, 3.05) is 18.0 Å². The van der Waals surface area contributed by atoms with Crippen molar-refractivity contribution in [3.63, 3.8) is 0 Å². The van der Waals surface area contributed by atoms with Gasteiger partial charge < -0.3 is 10.1 Å². The lowest BCUT2D eigenvalue weighted by Crippen LogP contribution is -2.41. The summed E-state index contributed by atoms with van der Waals surface area (Å²) in [6.07, 6.45) is 0. The van der Waals surface area contributed by atoms with Gasteiger partial charge in [0.25, 0.3) is 10.0 Å². The van der Waals surface area contributed by atoms with E-state index >= 15 is 0 Å². The van der Waals surface area contributed by atoms with Gasteiger partial charge in [-0.1, -0.05) is 35.9 Å². The molecule has 0 radical (unpaired) electrons. The average Bonchev–Trinajstić information content (AvgIpc) is 2.77. The van der Waals surface area contributed by atoms with Crippen LogP contribution in [0.15, 0.2) is 77.7 Å². The van der Waals surface area contributed by atoms with E-state index in [0.717, 1.165) is 15.4 Å². The minimum absolute atomic E-state index is 0.0550. The Labute approximate surface area is 193 Å². The Bertz CT molecular complexity index is 1180. The first-order chi connectivity index (χ1) is 15.2. The number of carbonyl (C=O) groups excluding carboxylic acids is 1. The number of anilines is 1. The average molecular weight is 473 g/mol. The Morgan fingerprint density at radius 3 is 2.31 bits per heavy atom. The maximum absolute atomic E-state index is 13.4. The van der Waals surface area contributed by atoms with E-state index in [4.69, 9.17) is 16.3 Å². The van der Waals surface area contributed by atoms with E-state index in [0.29, 0.717) is 16.5 Å². The van der Waals surface area contributed by atoms with Crippen molar-refractivity contribution < 1.29 is 17.9 Å². The summed E-state index contributed by atoms with van der Waals surface area (Å²) in [6.45, 7) is 3.34. The Morgan fingerprint density at radius 2 is 1.72 bits per heavy atom. The molecular weight excluding hydrogens is 448 g/mol. The summed E-state index contributed by atoms with van der Waals surface area (Å²) in [5.74, 6) is 0.291. The standard InChI is InChI=1S/C24H25ClN2O4S/c1-17-5-4-6-21(15-17)27(32(29,30)23-13-9-20(25)10-14-23)16-24(28)26-18(2)19-7-11-22(31-3)12-8-19/h4-15,18H,16H2,1-3H3,(H,26,28)/t18-/m1/s1. The van der Waals surface area contributed by atoms with Gasteiger partial charge in [0, 0.05) is 5.02 Å². The molecule has 1 atom stereocenters. The molecular formula is C24H25ClN2O4S. The first-order valence-electron chi connectivity index (χ1n) is 9.99. The second kappa shape index (κ2) is 10.1. The fraction of sp³-hybridized carbons (Fsp3) is 0.208. The largest absolute Gasteiger partial charge is 0.497 e. The zero-order valence-electron chi connectivity index (χ0n) is 18.1. The minimum atomic E-state index is -3.99. The molecule has 0 aliphatic heterocycles. The number of nitrogens with zero attached hydrogens (tertiary/aromatic N) is 1. The molecule has 0 aliphatic rings. The van der Waals surface area contributed by atoms with E-state index in [1.807, 2.05) is 44.2 Å². The van der Waals surface area contributed by atoms with Crippen LogP contribution in [0.3, 0.4) is 0 Å². The van der Waals surface area contributed by atoms with Crippen molar-refractivity contribution >= 4 is 33.2 Å². The third-order valence-corrected chi connectivity index (χ3v) is 7.01. The zero-order chi connectivity index (χ0) is 23.3. The van der Waals surface area contributed by atoms with Gasteiger partial charge in [-0.25, -0.2) is 8.42 Å². The molecule has 3 rings (SSSR count). The van der Waals surface area contributed by atoms with Crippen LogP contribution in [0.2, 0.25) is 5.02 Å². The number of hydrogen-bond acceptors (Lipinski definition) is 4. The number of sulfonamides is 1. The molecule has 1 N–H and O–H groups in total. The highest BCUT2D eigenvalue weighted by Crippen LogP contribution is 2.26. The summed E-state index contributed by atoms with van der Waals surface area (Å²) in [6, 6.07) is 19.9. The number of carbonyl (C=O) groups is 1. The van der Waals surface area contributed by atoms with Crippen LogP contribution in [0.5, 0.6) is 5.75 Å². The van der Waals surface area contributed by atoms with E-state index < -0.39 is 15.9 Å². The zero-order valence-corrected chi connectivity index (χ0v) is 19.7. The number of aryl methyl sites for hydroxylation is 1. The number of nitrogens with one attached hydrogen (secondary N) is 1. The molecule has 0 saturated heterocycles. The molecule has 8 heteroatoms. The Kier molecular flexibility index (Phi) is 7.43. The predicted molar refractivity (Wildman–Crippen MR) is 127 cm³/mol. The quantitative estimate of drug-likeness (QED) is 0.514. The van der Waals surface area contributed by atoms with Crippen LogP contribution >= 0.6 is 11.6 Å². The summed E-state index contributed by atoms with van der Waals surface area (Å²) < 4.78 is 33.1. The van der Waals surface area contributed by atoms with Gasteiger partial charge in [0.15, 0.2) is 0 Å². The Balaban J connectivity index is 1.86. The number of ether oxygens (including phenoxy) is 1. The highest BCUT2D eigenvalue weighted by Gasteiger charge is 2.27. The Morgan fingerprint density at radius 1 is 1.06 bits per heavy atom. The summed E-state index contributed by atoms with van der Waals surface area (Å²) in [5.41, 5.74) is 2.17. The maximum atomic E-state index is 13.4. The molecule has 0 unspecified atom stereocenters. The second-order valence-electron chi connectivity index (χ2n) is 7.37. The predicted octanol–water partition coefficient (Wildman–Crippen LogP) is 4.73. The van der Waals surface area contributed by atoms with Crippen LogP contribution in [0.25, 0.3) is 0 Å². The third kappa shape index (κ3) is 5.60. The number of amides is 1. The number of hydrogen-bond donors (Lipinski definition) is 1. The van der Waals surface area contributed by atoms with Crippen LogP contribution in [0.4, 0.5) is 5.69 Å². The SMILES string of the molecule is COc1ccc([C@@H](C)NC(=O)CN(c2cccc(C)c2)S(=O)(=O)c2ccc(Cl)cc2)cc1. The first kappa shape index (κ1) is 23.6. The highest BCUT2D eigenvalue weighted by molar-refractivity contribution is 7.92. The molecule has 0 heterocycles. The summed E-state index contributed by atoms with van der Waals surface area (Å²) >= 11 is 5.92. The lowest BCUT2D eigenvalue weighted by molar-refractivity contribution is -0.120. The highest BCUT2D eigenvalue weighted by atomic mass is 35.5. The van der Waals surface area contributed by atoms with Gasteiger partial charge in [0.1, 0.15) is 12.3 Å². The molecule has 168 valence electrons. The van der Waals surface area contributed by atoms with Crippen LogP contribution in [-0.2, 0) is 14.8 Å². The van der Waals surface area contributed by atoms with E-state index in [1.54, 1.807) is 25.3 Å². The van der Waals surface area contributed by atoms with Crippen molar-refractivity contribution in [2.24, 2.45) is 0 Å². The molecule has 0 spiro atoms. The van der Waals surface area contributed by atoms with E-state index in [1.165, 1.54) is 24.3 Å². The first-order valence-corrected chi connectivity index (χ1v) is 11.8. The summed E-state index contributed by atoms with van der Waals surface area (Å²) in [4.78, 5) is 12.9. The van der Waals surface area contributed by atoms with Crippen LogP contribution in [-0.4, -0.2) is 28.0 Å². The lowest BCUT2D eigenvalue weighted by atomic mass is 10.1. The van der Waals surface area contributed by atoms with Crippen molar-refractivity contribution in [2.45, 2.75) is 24.8 Å². The van der Waals surface area contributed by atoms with Gasteiger partial charge in [-0.2, -0.15) is 0 Å². The van der Waals surface area contributed by atoms with Gasteiger partial charge >= 0.3 is 0 Å². The van der Waals surface area contributed by atoms with Crippen LogP contribution in [0.1, 0.15) is 24.1 Å². The fourth-order valence-electron chi connectivity index (χ4n) is 3.23. The number of benzene rings is 3. The second-order valence-corrected chi connectivity index (χ2v) is 9.67. The summed E-state index contributed by atoms with van der Waals surface area (Å²) in [5, 5.41) is 3.30. The molecule has 0 bridgehead atoms. The van der Waals surface area contributed by atoms with Gasteiger partial charge in [-0.15, -0.1) is 0 Å². The van der Waals surface area contributed by atoms with E-state index in [9.17, 15) is 13.2 Å². The van der Waals surface area contributed by atoms with Crippen molar-refractivity contribution in [1.82, 2.24) is 5.32 Å². The molecule has 0 fully saturated rings. The minimum Gasteiger partial charge on any atom is -0.497 e. The number of rotatable bonds is 8. The lowest BCUT2D eigenvalue weighted by Gasteiger charge is -2.25. The van der Waals surface area contributed by atoms with Gasteiger partial charge in [0.05, 0.1) is 23.7 Å². The van der Waals surface area contributed by atoms with Gasteiger partial charge in [0.2, 0.25) is 5.91 Å². The number of methoxy groups -OCH3 is 1. The van der Waals surface area contributed by atoms with Crippen LogP contribution in [0, 0.1) is 6.92 Å². The molecule has 0 saturated carbocycles. The summed E-state index contributed by atoms with van der Waals surface area (Å²) in [7, 11) is -2.41. The smallest absolute Gasteiger partial charge is 0.264 e. The monoisotopic (exact) mass is 472 g/mol. The molecule has 32 heavy (non-hydrogen) atoms. The molecule has 1 amide bonds. The molecule has 0 aromatic heterocycles. The normalized spacial score (nSPS) is 12.1. The van der Waals surface area contributed by atoms with Gasteiger partial charge in [-0.05, 0) is 73.5 Å². The topological polar surface area (TPSA) is 75.7 Å². The molecule has 0 aliphatic carbocycles. The third-order valence-electron chi connectivity index (χ3n) is 4.97. The van der Waals surface area contributed by atoms with Crippen molar-refractivity contribution in [3.05, 3.63) is 88.9 Å². The van der Waals surface area contributed by atoms with Gasteiger partial charge in [-0.3, -0.25) is 9.10 Å². The van der Waals surface area contributed by atoms with Crippen molar-refractivity contribution in [1.29, 1.82) is 0 Å². The fourth-order valence-corrected chi connectivity index (χ4v) is 4.76. The molecule has 3 aromatic rings. The van der Waals surface area contributed by atoms with Crippen LogP contribution < -0.4 is 14.4 Å². The van der Waals surface area contributed by atoms with E-state index in [-0.39, 0.29) is 17.5 Å². The molecule has 6 nitrogen and oxygen atoms in total. The Hall–Kier alpha value is -3.03.